The topological polar surface area (TPSA) is 105 Å². The number of fused-ring (bicyclic) bond motifs is 3. The van der Waals surface area contributed by atoms with Crippen molar-refractivity contribution in [2.24, 2.45) is 5.92 Å². The van der Waals surface area contributed by atoms with Gasteiger partial charge in [0.1, 0.15) is 18.7 Å². The molecule has 0 bridgehead atoms. The molecule has 2 aromatic carbocycles. The Morgan fingerprint density at radius 2 is 1.57 bits per heavy atom. The number of aliphatic carboxylic acids is 1. The van der Waals surface area contributed by atoms with E-state index < -0.39 is 30.1 Å². The summed E-state index contributed by atoms with van der Waals surface area (Å²) in [5, 5.41) is 16.5. The summed E-state index contributed by atoms with van der Waals surface area (Å²) in [4.78, 5) is 38.0. The van der Waals surface area contributed by atoms with Crippen LogP contribution in [0.3, 0.4) is 0 Å². The number of hydrogen-bond acceptors (Lipinski definition) is 5. The summed E-state index contributed by atoms with van der Waals surface area (Å²) in [6.45, 7) is 3.88. The minimum Gasteiger partial charge on any atom is -0.480 e. The smallest absolute Gasteiger partial charge is 0.408 e. The zero-order valence-electron chi connectivity index (χ0n) is 19.6. The molecule has 8 heteroatoms. The van der Waals surface area contributed by atoms with E-state index in [2.05, 4.69) is 22.8 Å². The number of amides is 2. The van der Waals surface area contributed by atoms with Crippen LogP contribution in [0, 0.1) is 5.92 Å². The number of alkyl carbamates (subject to hydrolysis) is 1. The highest BCUT2D eigenvalue weighted by molar-refractivity contribution is 7.10. The number of hydrogen-bond donors (Lipinski definition) is 3. The van der Waals surface area contributed by atoms with E-state index in [0.717, 1.165) is 22.3 Å². The molecule has 3 aromatic rings. The predicted octanol–water partition coefficient (Wildman–Crippen LogP) is 4.94. The molecule has 1 heterocycles. The number of ether oxygens (including phenoxy) is 1. The first kappa shape index (κ1) is 24.5. The van der Waals surface area contributed by atoms with E-state index in [-0.39, 0.29) is 24.9 Å². The highest BCUT2D eigenvalue weighted by atomic mass is 32.1. The van der Waals surface area contributed by atoms with E-state index in [1.165, 1.54) is 11.3 Å². The second-order valence-corrected chi connectivity index (χ2v) is 9.93. The Balaban J connectivity index is 1.46. The maximum atomic E-state index is 13.0. The monoisotopic (exact) mass is 492 g/mol. The van der Waals surface area contributed by atoms with E-state index in [0.29, 0.717) is 4.88 Å². The fourth-order valence-corrected chi connectivity index (χ4v) is 5.20. The van der Waals surface area contributed by atoms with Gasteiger partial charge in [0.15, 0.2) is 0 Å². The lowest BCUT2D eigenvalue weighted by atomic mass is 9.98. The molecule has 1 unspecified atom stereocenters. The quantitative estimate of drug-likeness (QED) is 0.392. The second-order valence-electron chi connectivity index (χ2n) is 8.95. The molecule has 2 amide bonds. The lowest BCUT2D eigenvalue weighted by Crippen LogP contribution is -2.47. The highest BCUT2D eigenvalue weighted by Crippen LogP contribution is 2.44. The van der Waals surface area contributed by atoms with E-state index in [9.17, 15) is 19.5 Å². The van der Waals surface area contributed by atoms with Crippen molar-refractivity contribution < 1.29 is 24.2 Å². The molecule has 3 N–H and O–H groups in total. The van der Waals surface area contributed by atoms with Crippen molar-refractivity contribution in [2.45, 2.75) is 38.3 Å². The van der Waals surface area contributed by atoms with E-state index in [1.54, 1.807) is 17.5 Å². The molecule has 1 aliphatic carbocycles. The van der Waals surface area contributed by atoms with Gasteiger partial charge in [0, 0.05) is 10.8 Å². The van der Waals surface area contributed by atoms with E-state index in [1.807, 2.05) is 50.2 Å². The minimum atomic E-state index is -1.11. The minimum absolute atomic E-state index is 0.0756. The predicted molar refractivity (Wildman–Crippen MR) is 134 cm³/mol. The number of carbonyl (C=O) groups excluding carboxylic acids is 2. The van der Waals surface area contributed by atoms with Crippen LogP contribution in [-0.2, 0) is 14.3 Å². The maximum absolute atomic E-state index is 13.0. The fraction of sp³-hybridized carbons (Fsp3) is 0.296. The van der Waals surface area contributed by atoms with Crippen LogP contribution in [0.4, 0.5) is 4.79 Å². The van der Waals surface area contributed by atoms with Gasteiger partial charge in [-0.2, -0.15) is 0 Å². The molecule has 4 rings (SSSR count). The number of rotatable bonds is 9. The lowest BCUT2D eigenvalue weighted by Gasteiger charge is -2.22. The number of carboxylic acids is 1. The number of nitrogens with one attached hydrogen (secondary N) is 2. The SMILES string of the molecule is CC(C)C[C@@H](NC(=O)C(NC(=O)OCC1c2ccccc2-c2ccccc21)c1cccs1)C(=O)O. The van der Waals surface area contributed by atoms with Crippen molar-refractivity contribution in [2.75, 3.05) is 6.61 Å². The molecule has 1 aromatic heterocycles. The van der Waals surface area contributed by atoms with Crippen molar-refractivity contribution in [3.8, 4) is 11.1 Å². The number of thiophene rings is 1. The van der Waals surface area contributed by atoms with Crippen molar-refractivity contribution in [3.63, 3.8) is 0 Å². The Morgan fingerprint density at radius 3 is 2.11 bits per heavy atom. The summed E-state index contributed by atoms with van der Waals surface area (Å²) in [5.74, 6) is -1.73. The molecule has 7 nitrogen and oxygen atoms in total. The van der Waals surface area contributed by atoms with Gasteiger partial charge in [0.2, 0.25) is 5.91 Å². The Kier molecular flexibility index (Phi) is 7.51. The average molecular weight is 493 g/mol. The Labute approximate surface area is 208 Å². The van der Waals surface area contributed by atoms with Crippen LogP contribution in [0.1, 0.15) is 48.2 Å². The van der Waals surface area contributed by atoms with Gasteiger partial charge in [-0.15, -0.1) is 11.3 Å². The summed E-state index contributed by atoms with van der Waals surface area (Å²) in [6.07, 6.45) is -0.459. The van der Waals surface area contributed by atoms with E-state index in [4.69, 9.17) is 4.74 Å². The number of carbonyl (C=O) groups is 3. The third kappa shape index (κ3) is 5.54. The molecule has 0 spiro atoms. The zero-order valence-corrected chi connectivity index (χ0v) is 20.4. The average Bonchev–Trinajstić information content (AvgIpc) is 3.47. The standard InChI is InChI=1S/C27H28N2O5S/c1-16(2)14-22(26(31)32)28-25(30)24(23-12-7-13-35-23)29-27(33)34-15-21-19-10-5-3-8-17(19)18-9-4-6-11-20(18)21/h3-13,16,21-22,24H,14-15H2,1-2H3,(H,28,30)(H,29,33)(H,31,32)/t22-,24?/m1/s1. The van der Waals surface area contributed by atoms with E-state index >= 15 is 0 Å². The summed E-state index contributed by atoms with van der Waals surface area (Å²) in [6, 6.07) is 17.5. The van der Waals surface area contributed by atoms with Crippen molar-refractivity contribution in [3.05, 3.63) is 82.0 Å². The van der Waals surface area contributed by atoms with Gasteiger partial charge in [-0.1, -0.05) is 68.4 Å². The molecule has 35 heavy (non-hydrogen) atoms. The number of benzene rings is 2. The molecule has 0 aliphatic heterocycles. The second kappa shape index (κ2) is 10.7. The molecular weight excluding hydrogens is 464 g/mol. The first-order valence-electron chi connectivity index (χ1n) is 11.5. The van der Waals surface area contributed by atoms with Crippen molar-refractivity contribution >= 4 is 29.3 Å². The molecular formula is C27H28N2O5S. The van der Waals surface area contributed by atoms with Gasteiger partial charge in [0.05, 0.1) is 0 Å². The van der Waals surface area contributed by atoms with Gasteiger partial charge in [-0.3, -0.25) is 4.79 Å². The largest absolute Gasteiger partial charge is 0.480 e. The normalized spacial score (nSPS) is 14.0. The van der Waals surface area contributed by atoms with Gasteiger partial charge in [-0.05, 0) is 46.0 Å². The van der Waals surface area contributed by atoms with Gasteiger partial charge in [0.25, 0.3) is 0 Å². The molecule has 0 radical (unpaired) electrons. The van der Waals surface area contributed by atoms with Gasteiger partial charge in [-0.25, -0.2) is 9.59 Å². The van der Waals surface area contributed by atoms with Gasteiger partial charge < -0.3 is 20.5 Å². The Morgan fingerprint density at radius 1 is 0.943 bits per heavy atom. The lowest BCUT2D eigenvalue weighted by molar-refractivity contribution is -0.142. The maximum Gasteiger partial charge on any atom is 0.408 e. The number of carboxylic acid groups (broad SMARTS) is 1. The van der Waals surface area contributed by atoms with Crippen LogP contribution in [-0.4, -0.2) is 35.7 Å². The molecule has 0 saturated carbocycles. The van der Waals surface area contributed by atoms with Crippen molar-refractivity contribution in [1.82, 2.24) is 10.6 Å². The molecule has 0 fully saturated rings. The zero-order chi connectivity index (χ0) is 24.9. The van der Waals surface area contributed by atoms with Crippen LogP contribution in [0.25, 0.3) is 11.1 Å². The van der Waals surface area contributed by atoms with Crippen LogP contribution in [0.5, 0.6) is 0 Å². The van der Waals surface area contributed by atoms with Crippen LogP contribution in [0.2, 0.25) is 0 Å². The summed E-state index contributed by atoms with van der Waals surface area (Å²) >= 11 is 1.30. The Hall–Kier alpha value is -3.65. The molecule has 1 aliphatic rings. The van der Waals surface area contributed by atoms with Gasteiger partial charge >= 0.3 is 12.1 Å². The summed E-state index contributed by atoms with van der Waals surface area (Å²) in [5.41, 5.74) is 4.43. The fourth-order valence-electron chi connectivity index (χ4n) is 4.43. The third-order valence-electron chi connectivity index (χ3n) is 6.02. The molecule has 182 valence electrons. The van der Waals surface area contributed by atoms with Crippen molar-refractivity contribution in [1.29, 1.82) is 0 Å². The third-order valence-corrected chi connectivity index (χ3v) is 6.95. The van der Waals surface area contributed by atoms with Crippen LogP contribution >= 0.6 is 11.3 Å². The summed E-state index contributed by atoms with van der Waals surface area (Å²) < 4.78 is 5.59. The first-order valence-corrected chi connectivity index (χ1v) is 12.4. The van der Waals surface area contributed by atoms with Crippen LogP contribution in [0.15, 0.2) is 66.0 Å². The van der Waals surface area contributed by atoms with Crippen LogP contribution < -0.4 is 10.6 Å². The Bertz CT molecular complexity index is 1160. The highest BCUT2D eigenvalue weighted by Gasteiger charge is 2.31. The summed E-state index contributed by atoms with van der Waals surface area (Å²) in [7, 11) is 0. The molecule has 2 atom stereocenters. The molecule has 0 saturated heterocycles. The first-order chi connectivity index (χ1) is 16.8.